The van der Waals surface area contributed by atoms with Gasteiger partial charge in [-0.25, -0.2) is 4.79 Å². The number of carbonyl (C=O) groups is 1. The fraction of sp³-hybridized carbons (Fsp3) is 0.214. The van der Waals surface area contributed by atoms with E-state index in [1.807, 2.05) is 0 Å². The van der Waals surface area contributed by atoms with Gasteiger partial charge in [-0.1, -0.05) is 0 Å². The Morgan fingerprint density at radius 3 is 2.52 bits per heavy atom. The quantitative estimate of drug-likeness (QED) is 0.702. The zero-order valence-corrected chi connectivity index (χ0v) is 11.8. The molecule has 0 unspecified atom stereocenters. The predicted octanol–water partition coefficient (Wildman–Crippen LogP) is 0.698. The van der Waals surface area contributed by atoms with Gasteiger partial charge in [0, 0.05) is 25.9 Å². The molecule has 0 bridgehead atoms. The Kier molecular flexibility index (Phi) is 2.72. The summed E-state index contributed by atoms with van der Waals surface area (Å²) in [5.41, 5.74) is 1.62. The molecule has 7 heteroatoms. The molecular formula is C14H13N3O4. The van der Waals surface area contributed by atoms with Crippen LogP contribution in [0.3, 0.4) is 0 Å². The summed E-state index contributed by atoms with van der Waals surface area (Å²) < 4.78 is 7.65. The number of rotatable bonds is 2. The van der Waals surface area contributed by atoms with Crippen molar-refractivity contribution in [2.75, 3.05) is 0 Å². The normalized spacial score (nSPS) is 11.2. The van der Waals surface area contributed by atoms with Gasteiger partial charge < -0.3 is 9.52 Å². The van der Waals surface area contributed by atoms with E-state index in [1.165, 1.54) is 22.5 Å². The van der Waals surface area contributed by atoms with Gasteiger partial charge in [0.1, 0.15) is 5.56 Å². The lowest BCUT2D eigenvalue weighted by atomic mass is 10.00. The number of hydrogen-bond acceptors (Lipinski definition) is 4. The van der Waals surface area contributed by atoms with Crippen molar-refractivity contribution in [3.63, 3.8) is 0 Å². The van der Waals surface area contributed by atoms with Crippen LogP contribution < -0.4 is 11.3 Å². The second kappa shape index (κ2) is 4.34. The Bertz CT molecular complexity index is 984. The van der Waals surface area contributed by atoms with Crippen LogP contribution in [0.25, 0.3) is 11.1 Å². The third-order valence-corrected chi connectivity index (χ3v) is 3.63. The molecule has 0 spiro atoms. The summed E-state index contributed by atoms with van der Waals surface area (Å²) in [5, 5.41) is 2.67. The van der Waals surface area contributed by atoms with E-state index in [0.29, 0.717) is 22.2 Å². The summed E-state index contributed by atoms with van der Waals surface area (Å²) in [7, 11) is 3.11. The van der Waals surface area contributed by atoms with Crippen LogP contribution in [0, 0.1) is 6.92 Å². The van der Waals surface area contributed by atoms with Crippen molar-refractivity contribution in [2.24, 2.45) is 14.1 Å². The number of oxazole rings is 1. The van der Waals surface area contributed by atoms with Crippen molar-refractivity contribution < 1.29 is 9.21 Å². The summed E-state index contributed by atoms with van der Waals surface area (Å²) in [6.07, 6.45) is 1.38. The molecule has 1 aromatic carbocycles. The van der Waals surface area contributed by atoms with Gasteiger partial charge in [-0.15, -0.1) is 0 Å². The smallest absolute Gasteiger partial charge is 0.408 e. The largest absolute Gasteiger partial charge is 0.419 e. The Morgan fingerprint density at radius 1 is 1.19 bits per heavy atom. The van der Waals surface area contributed by atoms with Crippen molar-refractivity contribution in [3.05, 3.63) is 55.9 Å². The molecular weight excluding hydrogens is 274 g/mol. The SMILES string of the molecule is Cc1c(C(=O)c2c[nH]n(C)c2=O)ccc2oc(=O)n(C)c12. The van der Waals surface area contributed by atoms with Crippen LogP contribution in [0.15, 0.2) is 32.3 Å². The predicted molar refractivity (Wildman–Crippen MR) is 75.7 cm³/mol. The molecule has 7 nitrogen and oxygen atoms in total. The average molecular weight is 287 g/mol. The molecule has 0 saturated carbocycles. The zero-order valence-electron chi connectivity index (χ0n) is 11.8. The van der Waals surface area contributed by atoms with Gasteiger partial charge in [0.05, 0.1) is 5.52 Å². The number of carbonyl (C=O) groups excluding carboxylic acids is 1. The highest BCUT2D eigenvalue weighted by molar-refractivity contribution is 6.11. The van der Waals surface area contributed by atoms with E-state index < -0.39 is 5.76 Å². The van der Waals surface area contributed by atoms with Crippen LogP contribution in [0.4, 0.5) is 0 Å². The minimum Gasteiger partial charge on any atom is -0.408 e. The number of aromatic nitrogens is 3. The number of nitrogens with one attached hydrogen (secondary N) is 1. The highest BCUT2D eigenvalue weighted by Gasteiger charge is 2.20. The van der Waals surface area contributed by atoms with Crippen molar-refractivity contribution in [1.82, 2.24) is 14.3 Å². The lowest BCUT2D eigenvalue weighted by Crippen LogP contribution is -2.20. The third-order valence-electron chi connectivity index (χ3n) is 3.63. The monoisotopic (exact) mass is 287 g/mol. The molecule has 1 N–H and O–H groups in total. The maximum atomic E-state index is 12.5. The Morgan fingerprint density at radius 2 is 1.90 bits per heavy atom. The number of aryl methyl sites for hydroxylation is 3. The lowest BCUT2D eigenvalue weighted by molar-refractivity contribution is 0.103. The zero-order chi connectivity index (χ0) is 15.3. The molecule has 0 aliphatic heterocycles. The van der Waals surface area contributed by atoms with Crippen molar-refractivity contribution in [1.29, 1.82) is 0 Å². The molecule has 0 aliphatic carbocycles. The lowest BCUT2D eigenvalue weighted by Gasteiger charge is -2.04. The van der Waals surface area contributed by atoms with Crippen molar-refractivity contribution >= 4 is 16.9 Å². The van der Waals surface area contributed by atoms with Crippen LogP contribution >= 0.6 is 0 Å². The van der Waals surface area contributed by atoms with Gasteiger partial charge in [0.2, 0.25) is 5.78 Å². The Balaban J connectivity index is 2.26. The van der Waals surface area contributed by atoms with Gasteiger partial charge >= 0.3 is 5.76 Å². The van der Waals surface area contributed by atoms with Crippen molar-refractivity contribution in [2.45, 2.75) is 6.92 Å². The number of ketones is 1. The van der Waals surface area contributed by atoms with Gasteiger partial charge in [-0.2, -0.15) is 0 Å². The number of aromatic amines is 1. The van der Waals surface area contributed by atoms with Gasteiger partial charge in [-0.05, 0) is 24.6 Å². The molecule has 0 atom stereocenters. The van der Waals surface area contributed by atoms with E-state index in [-0.39, 0.29) is 16.9 Å². The van der Waals surface area contributed by atoms with Gasteiger partial charge in [0.15, 0.2) is 5.58 Å². The highest BCUT2D eigenvalue weighted by atomic mass is 16.4. The molecule has 0 amide bonds. The van der Waals surface area contributed by atoms with Crippen molar-refractivity contribution in [3.8, 4) is 0 Å². The van der Waals surface area contributed by atoms with Gasteiger partial charge in [-0.3, -0.25) is 18.8 Å². The van der Waals surface area contributed by atoms with E-state index in [0.717, 1.165) is 0 Å². The summed E-state index contributed by atoms with van der Waals surface area (Å²) in [6.45, 7) is 1.72. The number of fused-ring (bicyclic) bond motifs is 1. The second-order valence-electron chi connectivity index (χ2n) is 4.89. The summed E-state index contributed by atoms with van der Waals surface area (Å²) in [4.78, 5) is 35.9. The van der Waals surface area contributed by atoms with E-state index in [4.69, 9.17) is 4.42 Å². The fourth-order valence-corrected chi connectivity index (χ4v) is 2.44. The third kappa shape index (κ3) is 1.78. The molecule has 3 rings (SSSR count). The van der Waals surface area contributed by atoms with Crippen LogP contribution in [-0.4, -0.2) is 20.1 Å². The van der Waals surface area contributed by atoms with E-state index in [1.54, 1.807) is 26.1 Å². The number of benzene rings is 1. The van der Waals surface area contributed by atoms with Gasteiger partial charge in [0.25, 0.3) is 5.56 Å². The Labute approximate surface area is 118 Å². The van der Waals surface area contributed by atoms with Crippen LogP contribution in [0.1, 0.15) is 21.5 Å². The van der Waals surface area contributed by atoms with Crippen LogP contribution in [0.5, 0.6) is 0 Å². The fourth-order valence-electron chi connectivity index (χ4n) is 2.44. The molecule has 21 heavy (non-hydrogen) atoms. The maximum Gasteiger partial charge on any atom is 0.419 e. The number of hydrogen-bond donors (Lipinski definition) is 1. The topological polar surface area (TPSA) is 90.0 Å². The maximum absolute atomic E-state index is 12.5. The molecule has 3 aromatic rings. The molecule has 0 radical (unpaired) electrons. The summed E-state index contributed by atoms with van der Waals surface area (Å²) >= 11 is 0. The first-order valence-corrected chi connectivity index (χ1v) is 6.30. The molecule has 2 aromatic heterocycles. The first kappa shape index (κ1) is 13.2. The molecule has 108 valence electrons. The number of nitrogens with zero attached hydrogens (tertiary/aromatic N) is 2. The molecule has 0 aliphatic rings. The van der Waals surface area contributed by atoms with Crippen LogP contribution in [0.2, 0.25) is 0 Å². The summed E-state index contributed by atoms with van der Waals surface area (Å²) in [5.74, 6) is -0.875. The first-order chi connectivity index (χ1) is 9.91. The Hall–Kier alpha value is -2.83. The molecule has 2 heterocycles. The first-order valence-electron chi connectivity index (χ1n) is 6.30. The number of H-pyrrole nitrogens is 1. The van der Waals surface area contributed by atoms with E-state index in [2.05, 4.69) is 5.10 Å². The highest BCUT2D eigenvalue weighted by Crippen LogP contribution is 2.22. The molecule has 0 fully saturated rings. The van der Waals surface area contributed by atoms with E-state index in [9.17, 15) is 14.4 Å². The minimum atomic E-state index is -0.491. The minimum absolute atomic E-state index is 0.0634. The summed E-state index contributed by atoms with van der Waals surface area (Å²) in [6, 6.07) is 3.13. The standard InChI is InChI=1S/C14H13N3O4/c1-7-8(12(18)9-6-15-17(3)13(9)19)4-5-10-11(7)16(2)14(20)21-10/h4-6,15H,1-3H3. The molecule has 0 saturated heterocycles. The second-order valence-corrected chi connectivity index (χ2v) is 4.89. The van der Waals surface area contributed by atoms with Crippen LogP contribution in [-0.2, 0) is 14.1 Å². The average Bonchev–Trinajstić information content (AvgIpc) is 2.92. The van der Waals surface area contributed by atoms with E-state index >= 15 is 0 Å².